The van der Waals surface area contributed by atoms with Crippen LogP contribution >= 0.6 is 0 Å². The van der Waals surface area contributed by atoms with Crippen molar-refractivity contribution in [2.24, 2.45) is 0 Å². The fourth-order valence-corrected chi connectivity index (χ4v) is 4.41. The molecule has 0 aromatic rings. The van der Waals surface area contributed by atoms with Crippen molar-refractivity contribution in [2.45, 2.75) is 153 Å². The summed E-state index contributed by atoms with van der Waals surface area (Å²) in [7, 11) is 0. The Morgan fingerprint density at radius 3 is 0.483 bits per heavy atom. The molecule has 0 bridgehead atoms. The summed E-state index contributed by atoms with van der Waals surface area (Å²) in [6.07, 6.45) is 25.1. The maximum absolute atomic E-state index is 7.27. The number of nitrogens with one attached hydrogen (secondary N) is 4. The van der Waals surface area contributed by atoms with Gasteiger partial charge in [0, 0.05) is 0 Å². The predicted molar refractivity (Wildman–Crippen MR) is 125 cm³/mol. The van der Waals surface area contributed by atoms with Crippen LogP contribution < -0.4 is 0 Å². The molecule has 0 aliphatic heterocycles. The van der Waals surface area contributed by atoms with Gasteiger partial charge < -0.3 is 22.9 Å². The Balaban J connectivity index is 0.000000356. The molecule has 4 aliphatic rings. The van der Waals surface area contributed by atoms with Crippen LogP contribution in [0.5, 0.6) is 0 Å². The fraction of sp³-hybridized carbons (Fsp3) is 1.00. The van der Waals surface area contributed by atoms with E-state index in [-0.39, 0.29) is 45.9 Å². The molecule has 4 nitrogen and oxygen atoms in total. The van der Waals surface area contributed by atoms with Gasteiger partial charge in [0.25, 0.3) is 0 Å². The molecule has 4 fully saturated rings. The molecule has 0 saturated heterocycles. The SMILES string of the molecule is [NH-]C1CCCCC1.[NH-]C1CCCCC1.[NH-]C1CCCCC1.[NH-]C1CCCCC1.[Ti+4]. The molecule has 0 heterocycles. The molecule has 4 rings (SSSR count). The van der Waals surface area contributed by atoms with Crippen molar-refractivity contribution in [3.8, 4) is 0 Å². The standard InChI is InChI=1S/4C6H12N.Ti/c4*7-6-4-2-1-3-5-6;/h4*6-7H,1-5H2;/q4*-1;+4. The van der Waals surface area contributed by atoms with E-state index in [1.54, 1.807) is 0 Å². The van der Waals surface area contributed by atoms with Gasteiger partial charge in [-0.05, 0) is 0 Å². The van der Waals surface area contributed by atoms with E-state index in [1.165, 1.54) is 77.0 Å². The third-order valence-corrected chi connectivity index (χ3v) is 6.42. The molecular weight excluding hydrogens is 392 g/mol. The van der Waals surface area contributed by atoms with Gasteiger partial charge in [0.05, 0.1) is 0 Å². The van der Waals surface area contributed by atoms with Gasteiger partial charge in [0.15, 0.2) is 0 Å². The molecule has 0 spiro atoms. The quantitative estimate of drug-likeness (QED) is 0.335. The second kappa shape index (κ2) is 20.5. The van der Waals surface area contributed by atoms with E-state index in [9.17, 15) is 0 Å². The molecule has 4 aliphatic carbocycles. The minimum atomic E-state index is 0. The van der Waals surface area contributed by atoms with Crippen LogP contribution in [0.25, 0.3) is 22.9 Å². The normalized spacial score (nSPS) is 24.4. The number of rotatable bonds is 0. The van der Waals surface area contributed by atoms with E-state index in [4.69, 9.17) is 22.9 Å². The second-order valence-electron chi connectivity index (χ2n) is 9.34. The van der Waals surface area contributed by atoms with E-state index >= 15 is 0 Å². The van der Waals surface area contributed by atoms with Crippen LogP contribution in [-0.4, -0.2) is 24.2 Å². The summed E-state index contributed by atoms with van der Waals surface area (Å²) in [5, 5.41) is 0. The van der Waals surface area contributed by atoms with E-state index in [2.05, 4.69) is 0 Å². The first-order chi connectivity index (χ1) is 13.6. The van der Waals surface area contributed by atoms with E-state index in [0.29, 0.717) is 0 Å². The first kappa shape index (κ1) is 29.6. The van der Waals surface area contributed by atoms with Gasteiger partial charge in [-0.2, -0.15) is 0 Å². The average Bonchev–Trinajstić information content (AvgIpc) is 2.72. The molecule has 0 aromatic heterocycles. The van der Waals surface area contributed by atoms with Crippen LogP contribution in [0.15, 0.2) is 0 Å². The molecule has 0 amide bonds. The summed E-state index contributed by atoms with van der Waals surface area (Å²) in [6, 6.07) is 1.14. The molecule has 0 unspecified atom stereocenters. The van der Waals surface area contributed by atoms with Crippen molar-refractivity contribution in [1.82, 2.24) is 0 Å². The maximum Gasteiger partial charge on any atom is 4.00 e. The van der Waals surface area contributed by atoms with Crippen LogP contribution in [0.3, 0.4) is 0 Å². The molecule has 168 valence electrons. The van der Waals surface area contributed by atoms with Gasteiger partial charge in [-0.15, -0.1) is 24.2 Å². The zero-order valence-electron chi connectivity index (χ0n) is 19.0. The summed E-state index contributed by atoms with van der Waals surface area (Å²) >= 11 is 0. The Bertz CT molecular complexity index is 255. The van der Waals surface area contributed by atoms with Crippen molar-refractivity contribution in [1.29, 1.82) is 0 Å². The minimum Gasteiger partial charge on any atom is -0.675 e. The number of hydrogen-bond acceptors (Lipinski definition) is 0. The molecule has 4 saturated carbocycles. The van der Waals surface area contributed by atoms with Crippen LogP contribution in [0.1, 0.15) is 128 Å². The first-order valence-corrected chi connectivity index (χ1v) is 12.4. The summed E-state index contributed by atoms with van der Waals surface area (Å²) in [6.45, 7) is 0. The summed E-state index contributed by atoms with van der Waals surface area (Å²) in [4.78, 5) is 0. The third-order valence-electron chi connectivity index (χ3n) is 6.42. The van der Waals surface area contributed by atoms with Gasteiger partial charge in [-0.1, -0.05) is 128 Å². The van der Waals surface area contributed by atoms with E-state index in [1.807, 2.05) is 0 Å². The smallest absolute Gasteiger partial charge is 0.675 e. The number of hydrogen-bond donors (Lipinski definition) is 0. The average molecular weight is 441 g/mol. The molecular formula is C24H48N4Ti. The van der Waals surface area contributed by atoms with Crippen molar-refractivity contribution < 1.29 is 21.7 Å². The minimum absolute atomic E-state index is 0. The van der Waals surface area contributed by atoms with Crippen LogP contribution in [0, 0.1) is 0 Å². The fourth-order valence-electron chi connectivity index (χ4n) is 4.41. The van der Waals surface area contributed by atoms with Crippen molar-refractivity contribution in [2.75, 3.05) is 0 Å². The largest absolute Gasteiger partial charge is 4.00 e. The van der Waals surface area contributed by atoms with Gasteiger partial charge in [0.1, 0.15) is 0 Å². The molecule has 0 radical (unpaired) electrons. The van der Waals surface area contributed by atoms with Gasteiger partial charge in [-0.25, -0.2) is 0 Å². The zero-order valence-corrected chi connectivity index (χ0v) is 20.5. The van der Waals surface area contributed by atoms with Crippen LogP contribution in [0.4, 0.5) is 0 Å². The third kappa shape index (κ3) is 19.0. The Kier molecular flexibility index (Phi) is 20.8. The molecule has 29 heavy (non-hydrogen) atoms. The Morgan fingerprint density at radius 2 is 0.414 bits per heavy atom. The zero-order chi connectivity index (χ0) is 20.5. The molecule has 4 N–H and O–H groups in total. The predicted octanol–water partition coefficient (Wildman–Crippen LogP) is 9.48. The summed E-state index contributed by atoms with van der Waals surface area (Å²) in [5.41, 5.74) is 29.1. The van der Waals surface area contributed by atoms with Gasteiger partial charge in [0.2, 0.25) is 0 Å². The van der Waals surface area contributed by atoms with E-state index in [0.717, 1.165) is 51.4 Å². The summed E-state index contributed by atoms with van der Waals surface area (Å²) < 4.78 is 0. The van der Waals surface area contributed by atoms with Gasteiger partial charge >= 0.3 is 21.7 Å². The van der Waals surface area contributed by atoms with E-state index < -0.39 is 0 Å². The molecule has 0 aromatic carbocycles. The summed E-state index contributed by atoms with van der Waals surface area (Å²) in [5.74, 6) is 0. The Labute approximate surface area is 196 Å². The topological polar surface area (TPSA) is 95.2 Å². The second-order valence-corrected chi connectivity index (χ2v) is 9.34. The van der Waals surface area contributed by atoms with Crippen molar-refractivity contribution in [3.05, 3.63) is 22.9 Å². The maximum atomic E-state index is 7.27. The van der Waals surface area contributed by atoms with Crippen molar-refractivity contribution in [3.63, 3.8) is 0 Å². The molecule has 0 atom stereocenters. The van der Waals surface area contributed by atoms with Crippen LogP contribution in [0.2, 0.25) is 0 Å². The first-order valence-electron chi connectivity index (χ1n) is 12.4. The molecule has 5 heteroatoms. The van der Waals surface area contributed by atoms with Crippen LogP contribution in [-0.2, 0) is 21.7 Å². The monoisotopic (exact) mass is 440 g/mol. The Morgan fingerprint density at radius 1 is 0.276 bits per heavy atom. The Hall–Kier alpha value is 0.554. The van der Waals surface area contributed by atoms with Crippen molar-refractivity contribution >= 4 is 0 Å². The van der Waals surface area contributed by atoms with Gasteiger partial charge in [-0.3, -0.25) is 0 Å².